The highest BCUT2D eigenvalue weighted by Gasteiger charge is 2.20. The highest BCUT2D eigenvalue weighted by Crippen LogP contribution is 2.19. The van der Waals surface area contributed by atoms with Crippen LogP contribution in [0, 0.1) is 0 Å². The Bertz CT molecular complexity index is 463. The predicted octanol–water partition coefficient (Wildman–Crippen LogP) is 2.49. The Labute approximate surface area is 115 Å². The van der Waals surface area contributed by atoms with E-state index >= 15 is 0 Å². The van der Waals surface area contributed by atoms with Crippen LogP contribution in [0.15, 0.2) is 29.8 Å². The van der Waals surface area contributed by atoms with Gasteiger partial charge in [-0.2, -0.15) is 0 Å². The number of aromatic nitrogens is 1. The Kier molecular flexibility index (Phi) is 3.95. The maximum Gasteiger partial charge on any atom is 0.0548 e. The lowest BCUT2D eigenvalue weighted by Gasteiger charge is -2.25. The van der Waals surface area contributed by atoms with Crippen LogP contribution in [0.4, 0.5) is 0 Å². The van der Waals surface area contributed by atoms with Crippen molar-refractivity contribution >= 4 is 0 Å². The summed E-state index contributed by atoms with van der Waals surface area (Å²) < 4.78 is 0. The van der Waals surface area contributed by atoms with E-state index in [1.54, 1.807) is 0 Å². The molecule has 19 heavy (non-hydrogen) atoms. The maximum atomic E-state index is 4.77. The molecule has 0 aromatic carbocycles. The van der Waals surface area contributed by atoms with E-state index < -0.39 is 0 Å². The van der Waals surface area contributed by atoms with Crippen molar-refractivity contribution < 1.29 is 0 Å². The van der Waals surface area contributed by atoms with Gasteiger partial charge in [0.25, 0.3) is 0 Å². The van der Waals surface area contributed by atoms with Gasteiger partial charge in [0.1, 0.15) is 0 Å². The van der Waals surface area contributed by atoms with Gasteiger partial charge < -0.3 is 5.32 Å². The minimum absolute atomic E-state index is 0.750. The lowest BCUT2D eigenvalue weighted by Crippen LogP contribution is -2.29. The van der Waals surface area contributed by atoms with Crippen LogP contribution in [0.3, 0.4) is 0 Å². The Hall–Kier alpha value is -1.19. The van der Waals surface area contributed by atoms with Crippen LogP contribution in [-0.2, 0) is 13.1 Å². The Morgan fingerprint density at radius 3 is 2.95 bits per heavy atom. The van der Waals surface area contributed by atoms with E-state index in [0.29, 0.717) is 0 Å². The van der Waals surface area contributed by atoms with Gasteiger partial charge in [-0.15, -0.1) is 0 Å². The SMILES string of the molecule is CC1=CCCN(Cc2cccc(CNC3CC3)n2)C1. The van der Waals surface area contributed by atoms with Crippen molar-refractivity contribution in [1.29, 1.82) is 0 Å². The third-order valence-electron chi connectivity index (χ3n) is 3.81. The molecule has 1 saturated carbocycles. The van der Waals surface area contributed by atoms with Gasteiger partial charge in [-0.25, -0.2) is 0 Å². The molecule has 1 aliphatic heterocycles. The second-order valence-electron chi connectivity index (χ2n) is 5.83. The first-order chi connectivity index (χ1) is 9.29. The van der Waals surface area contributed by atoms with Crippen molar-refractivity contribution in [2.45, 2.75) is 45.3 Å². The molecule has 3 rings (SSSR count). The highest BCUT2D eigenvalue weighted by atomic mass is 15.1. The molecule has 0 unspecified atom stereocenters. The average molecular weight is 257 g/mol. The van der Waals surface area contributed by atoms with Crippen molar-refractivity contribution in [2.24, 2.45) is 0 Å². The molecule has 3 nitrogen and oxygen atoms in total. The number of hydrogen-bond acceptors (Lipinski definition) is 3. The normalized spacial score (nSPS) is 20.4. The molecule has 1 aromatic heterocycles. The largest absolute Gasteiger partial charge is 0.308 e. The summed E-state index contributed by atoms with van der Waals surface area (Å²) in [4.78, 5) is 7.25. The van der Waals surface area contributed by atoms with Crippen molar-refractivity contribution in [3.8, 4) is 0 Å². The summed E-state index contributed by atoms with van der Waals surface area (Å²) in [5, 5.41) is 3.53. The number of hydrogen-bond donors (Lipinski definition) is 1. The summed E-state index contributed by atoms with van der Waals surface area (Å²) in [6.07, 6.45) is 6.19. The third-order valence-corrected chi connectivity index (χ3v) is 3.81. The summed E-state index contributed by atoms with van der Waals surface area (Å²) in [7, 11) is 0. The number of pyridine rings is 1. The van der Waals surface area contributed by atoms with Gasteiger partial charge >= 0.3 is 0 Å². The molecule has 102 valence electrons. The molecule has 0 saturated heterocycles. The molecule has 1 aliphatic carbocycles. The van der Waals surface area contributed by atoms with Gasteiger partial charge in [0.05, 0.1) is 11.4 Å². The zero-order valence-corrected chi connectivity index (χ0v) is 11.7. The van der Waals surface area contributed by atoms with Gasteiger partial charge in [0.2, 0.25) is 0 Å². The summed E-state index contributed by atoms with van der Waals surface area (Å²) in [6, 6.07) is 7.16. The molecule has 0 atom stereocenters. The second kappa shape index (κ2) is 5.85. The van der Waals surface area contributed by atoms with Crippen LogP contribution < -0.4 is 5.32 Å². The van der Waals surface area contributed by atoms with Crippen LogP contribution in [-0.4, -0.2) is 29.0 Å². The molecule has 2 aliphatic rings. The zero-order valence-electron chi connectivity index (χ0n) is 11.7. The van der Waals surface area contributed by atoms with Crippen LogP contribution in [0.5, 0.6) is 0 Å². The molecule has 3 heteroatoms. The predicted molar refractivity (Wildman–Crippen MR) is 77.7 cm³/mol. The topological polar surface area (TPSA) is 28.2 Å². The van der Waals surface area contributed by atoms with Crippen molar-refractivity contribution in [3.63, 3.8) is 0 Å². The Morgan fingerprint density at radius 1 is 1.32 bits per heavy atom. The Morgan fingerprint density at radius 2 is 2.16 bits per heavy atom. The van der Waals surface area contributed by atoms with Gasteiger partial charge in [-0.05, 0) is 38.3 Å². The monoisotopic (exact) mass is 257 g/mol. The number of nitrogens with zero attached hydrogens (tertiary/aromatic N) is 2. The van der Waals surface area contributed by atoms with Crippen LogP contribution in [0.1, 0.15) is 37.6 Å². The minimum Gasteiger partial charge on any atom is -0.308 e. The molecule has 1 fully saturated rings. The van der Waals surface area contributed by atoms with Crippen molar-refractivity contribution in [1.82, 2.24) is 15.2 Å². The Balaban J connectivity index is 1.57. The number of nitrogens with one attached hydrogen (secondary N) is 1. The van der Waals surface area contributed by atoms with E-state index in [1.165, 1.54) is 36.2 Å². The zero-order chi connectivity index (χ0) is 13.1. The van der Waals surface area contributed by atoms with E-state index in [1.807, 2.05) is 0 Å². The summed E-state index contributed by atoms with van der Waals surface area (Å²) in [6.45, 7) is 6.35. The van der Waals surface area contributed by atoms with E-state index in [-0.39, 0.29) is 0 Å². The van der Waals surface area contributed by atoms with Gasteiger partial charge in [-0.1, -0.05) is 17.7 Å². The van der Waals surface area contributed by atoms with Crippen LogP contribution >= 0.6 is 0 Å². The van der Waals surface area contributed by atoms with Gasteiger partial charge in [0, 0.05) is 32.2 Å². The third kappa shape index (κ3) is 3.88. The summed E-state index contributed by atoms with van der Waals surface area (Å²) >= 11 is 0. The summed E-state index contributed by atoms with van der Waals surface area (Å²) in [5.41, 5.74) is 3.86. The fraction of sp³-hybridized carbons (Fsp3) is 0.562. The van der Waals surface area contributed by atoms with E-state index in [2.05, 4.69) is 41.4 Å². The first kappa shape index (κ1) is 12.8. The fourth-order valence-electron chi connectivity index (χ4n) is 2.61. The van der Waals surface area contributed by atoms with Gasteiger partial charge in [-0.3, -0.25) is 9.88 Å². The van der Waals surface area contributed by atoms with E-state index in [0.717, 1.165) is 32.2 Å². The standard InChI is InChI=1S/C16H23N3/c1-13-4-3-9-19(11-13)12-16-6-2-5-15(18-16)10-17-14-7-8-14/h2,4-6,14,17H,3,7-12H2,1H3. The highest BCUT2D eigenvalue weighted by molar-refractivity contribution is 5.13. The molecule has 0 bridgehead atoms. The molecule has 0 spiro atoms. The molecule has 0 radical (unpaired) electrons. The summed E-state index contributed by atoms with van der Waals surface area (Å²) in [5.74, 6) is 0. The van der Waals surface area contributed by atoms with E-state index in [9.17, 15) is 0 Å². The molecular formula is C16H23N3. The minimum atomic E-state index is 0.750. The maximum absolute atomic E-state index is 4.77. The van der Waals surface area contributed by atoms with Crippen molar-refractivity contribution in [2.75, 3.05) is 13.1 Å². The molecule has 1 N–H and O–H groups in total. The molecule has 2 heterocycles. The lowest BCUT2D eigenvalue weighted by molar-refractivity contribution is 0.279. The lowest BCUT2D eigenvalue weighted by atomic mass is 10.1. The van der Waals surface area contributed by atoms with Crippen molar-refractivity contribution in [3.05, 3.63) is 41.2 Å². The first-order valence-electron chi connectivity index (χ1n) is 7.36. The molecule has 1 aromatic rings. The molecule has 0 amide bonds. The quantitative estimate of drug-likeness (QED) is 0.821. The molecular weight excluding hydrogens is 234 g/mol. The first-order valence-corrected chi connectivity index (χ1v) is 7.36. The van der Waals surface area contributed by atoms with Gasteiger partial charge in [0.15, 0.2) is 0 Å². The van der Waals surface area contributed by atoms with E-state index in [4.69, 9.17) is 4.98 Å². The number of rotatable bonds is 5. The fourth-order valence-corrected chi connectivity index (χ4v) is 2.61. The van der Waals surface area contributed by atoms with Crippen LogP contribution in [0.2, 0.25) is 0 Å². The smallest absolute Gasteiger partial charge is 0.0548 e. The van der Waals surface area contributed by atoms with Crippen LogP contribution in [0.25, 0.3) is 0 Å². The average Bonchev–Trinajstić information content (AvgIpc) is 3.21. The second-order valence-corrected chi connectivity index (χ2v) is 5.83.